The first-order valence-electron chi connectivity index (χ1n) is 8.25. The van der Waals surface area contributed by atoms with Gasteiger partial charge in [-0.25, -0.2) is 4.98 Å². The van der Waals surface area contributed by atoms with Gasteiger partial charge in [0.2, 0.25) is 5.91 Å². The minimum Gasteiger partial charge on any atom is -0.496 e. The summed E-state index contributed by atoms with van der Waals surface area (Å²) in [5.74, 6) is 1.20. The molecule has 0 radical (unpaired) electrons. The fourth-order valence-electron chi connectivity index (χ4n) is 2.85. The van der Waals surface area contributed by atoms with Gasteiger partial charge in [-0.15, -0.1) is 0 Å². The number of ether oxygens (including phenoxy) is 1. The highest BCUT2D eigenvalue weighted by molar-refractivity contribution is 5.92. The van der Waals surface area contributed by atoms with Gasteiger partial charge in [0.15, 0.2) is 0 Å². The summed E-state index contributed by atoms with van der Waals surface area (Å²) in [5, 5.41) is 1.04. The minimum atomic E-state index is -0.0842. The Labute approximate surface area is 152 Å². The molecule has 0 unspecified atom stereocenters. The second-order valence-corrected chi connectivity index (χ2v) is 6.13. The first-order valence-corrected chi connectivity index (χ1v) is 8.25. The number of pyridine rings is 1. The number of amides is 1. The second-order valence-electron chi connectivity index (χ2n) is 6.13. The molecule has 0 aliphatic carbocycles. The topological polar surface area (TPSA) is 73.4 Å². The number of carbonyl (C=O) groups excluding carboxylic acids is 1. The van der Waals surface area contributed by atoms with Crippen LogP contribution in [0.1, 0.15) is 11.3 Å². The van der Waals surface area contributed by atoms with E-state index in [0.717, 1.165) is 27.9 Å². The first kappa shape index (κ1) is 17.5. The molecule has 1 aromatic carbocycles. The van der Waals surface area contributed by atoms with Crippen LogP contribution < -0.4 is 10.5 Å². The lowest BCUT2D eigenvalue weighted by molar-refractivity contribution is -0.125. The molecule has 6 nitrogen and oxygen atoms in total. The fourth-order valence-corrected chi connectivity index (χ4v) is 2.85. The van der Waals surface area contributed by atoms with E-state index in [1.54, 1.807) is 37.4 Å². The maximum Gasteiger partial charge on any atom is 0.246 e. The van der Waals surface area contributed by atoms with E-state index < -0.39 is 0 Å². The van der Waals surface area contributed by atoms with E-state index in [0.29, 0.717) is 12.4 Å². The number of rotatable bonds is 5. The van der Waals surface area contributed by atoms with Gasteiger partial charge < -0.3 is 19.9 Å². The van der Waals surface area contributed by atoms with Crippen LogP contribution in [-0.4, -0.2) is 34.5 Å². The third-order valence-corrected chi connectivity index (χ3v) is 4.37. The van der Waals surface area contributed by atoms with Gasteiger partial charge in [0.25, 0.3) is 0 Å². The van der Waals surface area contributed by atoms with E-state index in [9.17, 15) is 4.79 Å². The number of fused-ring (bicyclic) bond motifs is 1. The predicted octanol–water partition coefficient (Wildman–Crippen LogP) is 2.84. The molecular formula is C20H22N4O2. The molecular weight excluding hydrogens is 328 g/mol. The van der Waals surface area contributed by atoms with Crippen molar-refractivity contribution in [3.63, 3.8) is 0 Å². The number of nitrogens with zero attached hydrogens (tertiary/aromatic N) is 3. The number of anilines is 1. The Balaban J connectivity index is 1.76. The molecule has 0 atom stereocenters. The number of likely N-dealkylation sites (N-methyl/N-ethyl adjacent to an activating group) is 1. The summed E-state index contributed by atoms with van der Waals surface area (Å²) in [4.78, 5) is 18.1. The van der Waals surface area contributed by atoms with E-state index in [1.807, 2.05) is 31.3 Å². The van der Waals surface area contributed by atoms with Gasteiger partial charge in [0, 0.05) is 37.4 Å². The van der Waals surface area contributed by atoms with Crippen LogP contribution in [0.25, 0.3) is 17.0 Å². The summed E-state index contributed by atoms with van der Waals surface area (Å²) in [7, 11) is 5.43. The number of aromatic nitrogens is 2. The summed E-state index contributed by atoms with van der Waals surface area (Å²) >= 11 is 0. The zero-order valence-electron chi connectivity index (χ0n) is 15.1. The van der Waals surface area contributed by atoms with Crippen LogP contribution in [0, 0.1) is 0 Å². The molecule has 2 heterocycles. The zero-order valence-corrected chi connectivity index (χ0v) is 15.1. The molecule has 0 aliphatic heterocycles. The molecule has 2 N–H and O–H groups in total. The molecule has 1 amide bonds. The largest absolute Gasteiger partial charge is 0.496 e. The number of benzene rings is 1. The van der Waals surface area contributed by atoms with Crippen LogP contribution in [0.15, 0.2) is 48.7 Å². The van der Waals surface area contributed by atoms with Crippen molar-refractivity contribution < 1.29 is 9.53 Å². The molecule has 0 bridgehead atoms. The summed E-state index contributed by atoms with van der Waals surface area (Å²) < 4.78 is 7.50. The van der Waals surface area contributed by atoms with Gasteiger partial charge in [-0.2, -0.15) is 0 Å². The van der Waals surface area contributed by atoms with Gasteiger partial charge >= 0.3 is 0 Å². The van der Waals surface area contributed by atoms with Crippen LogP contribution in [0.2, 0.25) is 0 Å². The van der Waals surface area contributed by atoms with Crippen molar-refractivity contribution in [3.05, 3.63) is 59.9 Å². The highest BCUT2D eigenvalue weighted by Gasteiger charge is 2.13. The second kappa shape index (κ2) is 7.31. The number of methoxy groups -OCH3 is 1. The predicted molar refractivity (Wildman–Crippen MR) is 104 cm³/mol. The molecule has 0 aliphatic rings. The molecule has 0 saturated carbocycles. The Morgan fingerprint density at radius 2 is 2.15 bits per heavy atom. The van der Waals surface area contributed by atoms with Gasteiger partial charge in [-0.1, -0.05) is 6.07 Å². The van der Waals surface area contributed by atoms with E-state index in [1.165, 1.54) is 6.08 Å². The Morgan fingerprint density at radius 3 is 2.85 bits per heavy atom. The minimum absolute atomic E-state index is 0.0842. The lowest BCUT2D eigenvalue weighted by Gasteiger charge is -2.15. The number of nitrogen functional groups attached to an aromatic ring is 1. The third kappa shape index (κ3) is 3.54. The summed E-state index contributed by atoms with van der Waals surface area (Å²) in [6.07, 6.45) is 4.90. The van der Waals surface area contributed by atoms with Crippen LogP contribution in [0.5, 0.6) is 5.75 Å². The van der Waals surface area contributed by atoms with Crippen LogP contribution >= 0.6 is 0 Å². The van der Waals surface area contributed by atoms with E-state index in [-0.39, 0.29) is 5.91 Å². The van der Waals surface area contributed by atoms with Gasteiger partial charge in [0.1, 0.15) is 11.6 Å². The molecule has 3 rings (SSSR count). The highest BCUT2D eigenvalue weighted by Crippen LogP contribution is 2.28. The molecule has 6 heteroatoms. The van der Waals surface area contributed by atoms with Crippen molar-refractivity contribution in [2.45, 2.75) is 6.54 Å². The molecule has 26 heavy (non-hydrogen) atoms. The van der Waals surface area contributed by atoms with Crippen LogP contribution in [-0.2, 0) is 18.4 Å². The molecule has 0 spiro atoms. The number of nitrogens with two attached hydrogens (primary N) is 1. The third-order valence-electron chi connectivity index (χ3n) is 4.37. The monoisotopic (exact) mass is 350 g/mol. The average molecular weight is 350 g/mol. The van der Waals surface area contributed by atoms with Crippen molar-refractivity contribution in [3.8, 4) is 5.75 Å². The van der Waals surface area contributed by atoms with Gasteiger partial charge in [-0.05, 0) is 42.0 Å². The van der Waals surface area contributed by atoms with E-state index in [4.69, 9.17) is 10.5 Å². The molecule has 3 aromatic rings. The number of aryl methyl sites for hydroxylation is 1. The van der Waals surface area contributed by atoms with Crippen molar-refractivity contribution >= 4 is 28.7 Å². The Morgan fingerprint density at radius 1 is 1.35 bits per heavy atom. The quantitative estimate of drug-likeness (QED) is 0.718. The lowest BCUT2D eigenvalue weighted by atomic mass is 10.2. The lowest BCUT2D eigenvalue weighted by Crippen LogP contribution is -2.25. The maximum absolute atomic E-state index is 12.4. The smallest absolute Gasteiger partial charge is 0.246 e. The number of carbonyl (C=O) groups is 1. The Hall–Kier alpha value is -3.28. The summed E-state index contributed by atoms with van der Waals surface area (Å²) in [5.41, 5.74) is 8.49. The SMILES string of the molecule is COc1cccc2c1cc(CN(C)C(=O)C=Cc1ccc(N)nc1)n2C. The van der Waals surface area contributed by atoms with Crippen molar-refractivity contribution in [1.82, 2.24) is 14.5 Å². The molecule has 0 saturated heterocycles. The van der Waals surface area contributed by atoms with Crippen molar-refractivity contribution in [2.75, 3.05) is 19.9 Å². The van der Waals surface area contributed by atoms with Gasteiger partial charge in [-0.3, -0.25) is 4.79 Å². The summed E-state index contributed by atoms with van der Waals surface area (Å²) in [6, 6.07) is 11.5. The Bertz CT molecular complexity index is 958. The van der Waals surface area contributed by atoms with E-state index in [2.05, 4.69) is 15.6 Å². The Kier molecular flexibility index (Phi) is 4.93. The molecule has 2 aromatic heterocycles. The van der Waals surface area contributed by atoms with Crippen molar-refractivity contribution in [1.29, 1.82) is 0 Å². The zero-order chi connectivity index (χ0) is 18.7. The average Bonchev–Trinajstić information content (AvgIpc) is 2.97. The fraction of sp³-hybridized carbons (Fsp3) is 0.200. The van der Waals surface area contributed by atoms with Crippen molar-refractivity contribution in [2.24, 2.45) is 7.05 Å². The van der Waals surface area contributed by atoms with Gasteiger partial charge in [0.05, 0.1) is 19.2 Å². The summed E-state index contributed by atoms with van der Waals surface area (Å²) in [6.45, 7) is 0.498. The van der Waals surface area contributed by atoms with Crippen LogP contribution in [0.3, 0.4) is 0 Å². The standard InChI is InChI=1S/C20H22N4O2/c1-23(20(25)10-8-14-7-9-19(21)22-12-14)13-15-11-16-17(24(15)2)5-4-6-18(16)26-3/h4-12H,13H2,1-3H3,(H2,21,22). The molecule has 134 valence electrons. The number of hydrogen-bond donors (Lipinski definition) is 1. The normalized spacial score (nSPS) is 11.2. The highest BCUT2D eigenvalue weighted by atomic mass is 16.5. The van der Waals surface area contributed by atoms with Crippen LogP contribution in [0.4, 0.5) is 5.82 Å². The maximum atomic E-state index is 12.4. The first-order chi connectivity index (χ1) is 12.5. The molecule has 0 fully saturated rings. The van der Waals surface area contributed by atoms with E-state index >= 15 is 0 Å². The number of hydrogen-bond acceptors (Lipinski definition) is 4.